The van der Waals surface area contributed by atoms with E-state index >= 15 is 0 Å². The highest BCUT2D eigenvalue weighted by Gasteiger charge is 2.66. The summed E-state index contributed by atoms with van der Waals surface area (Å²) >= 11 is 0. The lowest BCUT2D eigenvalue weighted by molar-refractivity contribution is -0.193. The summed E-state index contributed by atoms with van der Waals surface area (Å²) in [5.74, 6) is -0.682. The summed E-state index contributed by atoms with van der Waals surface area (Å²) in [7, 11) is 1.36. The molecule has 2 aliphatic carbocycles. The monoisotopic (exact) mass is 398 g/mol. The van der Waals surface area contributed by atoms with Crippen molar-refractivity contribution in [1.29, 1.82) is 0 Å². The predicted molar refractivity (Wildman–Crippen MR) is 111 cm³/mol. The second kappa shape index (κ2) is 7.17. The van der Waals surface area contributed by atoms with Gasteiger partial charge < -0.3 is 19.8 Å². The number of amides is 1. The molecule has 1 fully saturated rings. The topological polar surface area (TPSA) is 80.4 Å². The first kappa shape index (κ1) is 20.0. The molecule has 2 N–H and O–H groups in total. The van der Waals surface area contributed by atoms with Crippen LogP contribution in [0.15, 0.2) is 18.2 Å². The minimum atomic E-state index is -1.09. The van der Waals surface area contributed by atoms with Crippen LogP contribution in [-0.4, -0.2) is 42.2 Å². The number of aromatic amines is 1. The van der Waals surface area contributed by atoms with Crippen LogP contribution in [0.25, 0.3) is 10.9 Å². The average Bonchev–Trinajstić information content (AvgIpc) is 3.09. The van der Waals surface area contributed by atoms with Gasteiger partial charge in [-0.15, -0.1) is 0 Å². The number of hydrogen-bond acceptors (Lipinski definition) is 4. The quantitative estimate of drug-likeness (QED) is 0.755. The van der Waals surface area contributed by atoms with Crippen LogP contribution in [0.2, 0.25) is 0 Å². The number of ether oxygens (including phenoxy) is 2. The summed E-state index contributed by atoms with van der Waals surface area (Å²) in [4.78, 5) is 29.4. The zero-order valence-corrected chi connectivity index (χ0v) is 17.7. The summed E-state index contributed by atoms with van der Waals surface area (Å²) in [5.41, 5.74) is 2.58. The van der Waals surface area contributed by atoms with Gasteiger partial charge in [-0.25, -0.2) is 4.79 Å². The lowest BCUT2D eigenvalue weighted by Crippen LogP contribution is -2.76. The van der Waals surface area contributed by atoms with Gasteiger partial charge in [0, 0.05) is 40.6 Å². The van der Waals surface area contributed by atoms with Gasteiger partial charge in [0.25, 0.3) is 5.91 Å². The fourth-order valence-corrected chi connectivity index (χ4v) is 5.01. The van der Waals surface area contributed by atoms with Gasteiger partial charge in [0.15, 0.2) is 0 Å². The Morgan fingerprint density at radius 3 is 2.69 bits per heavy atom. The van der Waals surface area contributed by atoms with Crippen molar-refractivity contribution in [1.82, 2.24) is 10.3 Å². The number of aromatic nitrogens is 1. The van der Waals surface area contributed by atoms with Crippen LogP contribution >= 0.6 is 0 Å². The maximum absolute atomic E-state index is 13.2. The highest BCUT2D eigenvalue weighted by atomic mass is 16.5. The van der Waals surface area contributed by atoms with E-state index in [1.807, 2.05) is 39.0 Å². The fraction of sp³-hybridized carbons (Fsp3) is 0.565. The van der Waals surface area contributed by atoms with Crippen molar-refractivity contribution in [3.05, 3.63) is 35.0 Å². The van der Waals surface area contributed by atoms with Crippen molar-refractivity contribution in [2.24, 2.45) is 5.41 Å². The summed E-state index contributed by atoms with van der Waals surface area (Å²) in [5, 5.41) is 4.12. The number of carbonyl (C=O) groups excluding carboxylic acids is 2. The molecule has 0 saturated heterocycles. The largest absolute Gasteiger partial charge is 0.467 e. The molecule has 0 radical (unpaired) electrons. The number of methoxy groups -OCH3 is 1. The normalized spacial score (nSPS) is 25.2. The highest BCUT2D eigenvalue weighted by molar-refractivity contribution is 6.02. The van der Waals surface area contributed by atoms with Crippen LogP contribution in [0.4, 0.5) is 0 Å². The molecular formula is C23H30N2O4. The Bertz CT molecular complexity index is 961. The van der Waals surface area contributed by atoms with Gasteiger partial charge >= 0.3 is 5.97 Å². The van der Waals surface area contributed by atoms with Gasteiger partial charge in [0.05, 0.1) is 13.2 Å². The molecule has 2 atom stereocenters. The summed E-state index contributed by atoms with van der Waals surface area (Å²) < 4.78 is 10.9. The molecule has 1 heterocycles. The molecule has 0 bridgehead atoms. The maximum Gasteiger partial charge on any atom is 0.332 e. The number of fused-ring (bicyclic) bond motifs is 3. The Hall–Kier alpha value is -2.34. The second-order valence-electron chi connectivity index (χ2n) is 8.77. The molecule has 2 aromatic rings. The van der Waals surface area contributed by atoms with Gasteiger partial charge in [-0.2, -0.15) is 0 Å². The Balaban J connectivity index is 1.64. The van der Waals surface area contributed by atoms with E-state index in [4.69, 9.17) is 9.47 Å². The fourth-order valence-electron chi connectivity index (χ4n) is 5.01. The van der Waals surface area contributed by atoms with Crippen molar-refractivity contribution in [3.8, 4) is 0 Å². The number of benzene rings is 1. The SMILES string of the molecule is CCO[C@H]1C[C@](NC(=O)c2ccc3[nH]c4c(c3c2)CCCC4)(C(=O)OC)C1(C)C. The zero-order chi connectivity index (χ0) is 20.8. The van der Waals surface area contributed by atoms with E-state index < -0.39 is 16.9 Å². The van der Waals surface area contributed by atoms with E-state index in [9.17, 15) is 9.59 Å². The molecule has 0 aliphatic heterocycles. The molecule has 4 rings (SSSR count). The standard InChI is InChI=1S/C23H30N2O4/c1-5-29-19-13-23(21(27)28-4,22(19,2)3)25-20(26)14-10-11-18-16(12-14)15-8-6-7-9-17(15)24-18/h10-12,19,24H,5-9,13H2,1-4H3,(H,25,26)/t19-,23-/m0/s1. The van der Waals surface area contributed by atoms with Crippen LogP contribution in [0, 0.1) is 5.41 Å². The number of rotatable bonds is 5. The molecule has 1 saturated carbocycles. The molecule has 156 valence electrons. The smallest absolute Gasteiger partial charge is 0.332 e. The maximum atomic E-state index is 13.2. The van der Waals surface area contributed by atoms with Crippen LogP contribution in [-0.2, 0) is 27.1 Å². The third-order valence-electron chi connectivity index (χ3n) is 6.99. The summed E-state index contributed by atoms with van der Waals surface area (Å²) in [6.07, 6.45) is 4.78. The number of esters is 1. The molecule has 1 amide bonds. The predicted octanol–water partition coefficient (Wildman–Crippen LogP) is 3.52. The van der Waals surface area contributed by atoms with E-state index in [-0.39, 0.29) is 12.0 Å². The number of carbonyl (C=O) groups is 2. The van der Waals surface area contributed by atoms with E-state index in [0.717, 1.165) is 23.7 Å². The molecule has 6 heteroatoms. The lowest BCUT2D eigenvalue weighted by atomic mass is 9.54. The van der Waals surface area contributed by atoms with Gasteiger partial charge in [-0.3, -0.25) is 4.79 Å². The van der Waals surface area contributed by atoms with Gasteiger partial charge in [-0.05, 0) is 56.4 Å². The van der Waals surface area contributed by atoms with E-state index in [2.05, 4.69) is 10.3 Å². The van der Waals surface area contributed by atoms with E-state index in [0.29, 0.717) is 18.6 Å². The first-order chi connectivity index (χ1) is 13.8. The van der Waals surface area contributed by atoms with Crippen LogP contribution < -0.4 is 5.32 Å². The summed E-state index contributed by atoms with van der Waals surface area (Å²) in [6.45, 7) is 6.38. The Morgan fingerprint density at radius 2 is 2.00 bits per heavy atom. The van der Waals surface area contributed by atoms with Crippen molar-refractivity contribution < 1.29 is 19.1 Å². The molecule has 6 nitrogen and oxygen atoms in total. The molecule has 0 unspecified atom stereocenters. The number of hydrogen-bond donors (Lipinski definition) is 2. The zero-order valence-electron chi connectivity index (χ0n) is 17.7. The Morgan fingerprint density at radius 1 is 1.24 bits per heavy atom. The first-order valence-electron chi connectivity index (χ1n) is 10.5. The van der Waals surface area contributed by atoms with Crippen molar-refractivity contribution in [2.75, 3.05) is 13.7 Å². The molecular weight excluding hydrogens is 368 g/mol. The lowest BCUT2D eigenvalue weighted by Gasteiger charge is -2.58. The molecule has 2 aliphatic rings. The average molecular weight is 399 g/mol. The Kier molecular flexibility index (Phi) is 4.93. The minimum Gasteiger partial charge on any atom is -0.467 e. The molecule has 0 spiro atoms. The molecule has 1 aromatic carbocycles. The second-order valence-corrected chi connectivity index (χ2v) is 8.77. The third kappa shape index (κ3) is 2.96. The van der Waals surface area contributed by atoms with E-state index in [1.165, 1.54) is 31.2 Å². The summed E-state index contributed by atoms with van der Waals surface area (Å²) in [6, 6.07) is 5.72. The molecule has 1 aromatic heterocycles. The first-order valence-corrected chi connectivity index (χ1v) is 10.5. The van der Waals surface area contributed by atoms with Gasteiger partial charge in [0.1, 0.15) is 5.54 Å². The van der Waals surface area contributed by atoms with Crippen molar-refractivity contribution >= 4 is 22.8 Å². The van der Waals surface area contributed by atoms with Crippen LogP contribution in [0.3, 0.4) is 0 Å². The van der Waals surface area contributed by atoms with Gasteiger partial charge in [-0.1, -0.05) is 13.8 Å². The molecule has 29 heavy (non-hydrogen) atoms. The van der Waals surface area contributed by atoms with Crippen LogP contribution in [0.1, 0.15) is 61.6 Å². The van der Waals surface area contributed by atoms with Gasteiger partial charge in [0.2, 0.25) is 0 Å². The highest BCUT2D eigenvalue weighted by Crippen LogP contribution is 2.52. The van der Waals surface area contributed by atoms with Crippen molar-refractivity contribution in [2.45, 2.75) is 64.5 Å². The number of H-pyrrole nitrogens is 1. The number of nitrogens with one attached hydrogen (secondary N) is 2. The van der Waals surface area contributed by atoms with E-state index in [1.54, 1.807) is 0 Å². The van der Waals surface area contributed by atoms with Crippen LogP contribution in [0.5, 0.6) is 0 Å². The Labute approximate surface area is 171 Å². The third-order valence-corrected chi connectivity index (χ3v) is 6.99. The minimum absolute atomic E-state index is 0.105. The van der Waals surface area contributed by atoms with Crippen molar-refractivity contribution in [3.63, 3.8) is 0 Å². The number of aryl methyl sites for hydroxylation is 2.